The fourth-order valence-electron chi connectivity index (χ4n) is 3.41. The Bertz CT molecular complexity index is 1100. The highest BCUT2D eigenvalue weighted by atomic mass is 35.5. The molecule has 39 heavy (non-hydrogen) atoms. The minimum atomic E-state index is -4.65. The zero-order valence-corrected chi connectivity index (χ0v) is 24.4. The molecule has 8 heteroatoms. The number of halogens is 4. The summed E-state index contributed by atoms with van der Waals surface area (Å²) in [5.41, 5.74) is 2.16. The summed E-state index contributed by atoms with van der Waals surface area (Å²) >= 11 is 5.74. The second-order valence-corrected chi connectivity index (χ2v) is 8.82. The number of carbonyl (C=O) groups is 1. The zero-order chi connectivity index (χ0) is 29.3. The quantitative estimate of drug-likeness (QED) is 0.151. The molecule has 0 aliphatic heterocycles. The van der Waals surface area contributed by atoms with Crippen molar-refractivity contribution in [3.8, 4) is 0 Å². The van der Waals surface area contributed by atoms with Crippen LogP contribution in [0.5, 0.6) is 0 Å². The summed E-state index contributed by atoms with van der Waals surface area (Å²) in [5.74, 6) is -0.510. The topological polar surface area (TPSA) is 54.9 Å². The Labute approximate surface area is 237 Å². The van der Waals surface area contributed by atoms with Crippen LogP contribution in [0.3, 0.4) is 0 Å². The molecule has 218 valence electrons. The van der Waals surface area contributed by atoms with Crippen molar-refractivity contribution in [2.24, 2.45) is 9.98 Å². The van der Waals surface area contributed by atoms with E-state index in [9.17, 15) is 18.0 Å². The van der Waals surface area contributed by atoms with E-state index in [0.717, 1.165) is 18.9 Å². The van der Waals surface area contributed by atoms with Crippen LogP contribution in [-0.2, 0) is 4.79 Å². The Kier molecular flexibility index (Phi) is 19.6. The number of nitrogens with zero attached hydrogens (tertiary/aromatic N) is 2. The van der Waals surface area contributed by atoms with Gasteiger partial charge in [-0.15, -0.1) is 0 Å². The minimum absolute atomic E-state index is 0. The molecular formula is C31H44ClF3N2O2. The third kappa shape index (κ3) is 14.1. The van der Waals surface area contributed by atoms with Gasteiger partial charge in [0.25, 0.3) is 0 Å². The Morgan fingerprint density at radius 3 is 2.13 bits per heavy atom. The van der Waals surface area contributed by atoms with Gasteiger partial charge in [-0.1, -0.05) is 58.4 Å². The molecule has 0 saturated heterocycles. The summed E-state index contributed by atoms with van der Waals surface area (Å²) in [7, 11) is 0. The van der Waals surface area contributed by atoms with Crippen LogP contribution >= 0.6 is 11.6 Å². The van der Waals surface area contributed by atoms with E-state index in [4.69, 9.17) is 16.0 Å². The van der Waals surface area contributed by atoms with E-state index in [1.807, 2.05) is 19.3 Å². The number of Topliss-reactive ketones (excluding diaryl/α,β-unsaturated/α-hetero) is 1. The summed E-state index contributed by atoms with van der Waals surface area (Å²) in [6, 6.07) is 1.55. The average Bonchev–Trinajstić information content (AvgIpc) is 3.37. The van der Waals surface area contributed by atoms with E-state index in [0.29, 0.717) is 11.1 Å². The zero-order valence-electron chi connectivity index (χ0n) is 23.7. The van der Waals surface area contributed by atoms with Crippen LogP contribution in [0.1, 0.15) is 94.1 Å². The number of rotatable bonds is 11. The molecule has 0 radical (unpaired) electrons. The van der Waals surface area contributed by atoms with Crippen LogP contribution in [-0.4, -0.2) is 23.9 Å². The van der Waals surface area contributed by atoms with Crippen LogP contribution in [0, 0.1) is 0 Å². The van der Waals surface area contributed by atoms with Crippen molar-refractivity contribution in [3.63, 3.8) is 0 Å². The van der Waals surface area contributed by atoms with Gasteiger partial charge in [0.2, 0.25) is 0 Å². The lowest BCUT2D eigenvalue weighted by Gasteiger charge is -2.13. The Hall–Kier alpha value is -2.93. The number of hydrogen-bond acceptors (Lipinski definition) is 4. The normalized spacial score (nSPS) is 14.5. The summed E-state index contributed by atoms with van der Waals surface area (Å²) in [5, 5.41) is 0.0319. The molecule has 0 aliphatic rings. The fourth-order valence-corrected chi connectivity index (χ4v) is 3.59. The molecule has 1 heterocycles. The van der Waals surface area contributed by atoms with Crippen molar-refractivity contribution in [2.75, 3.05) is 0 Å². The van der Waals surface area contributed by atoms with Crippen LogP contribution in [0.4, 0.5) is 13.2 Å². The predicted octanol–water partition coefficient (Wildman–Crippen LogP) is 10.8. The number of aliphatic imine (C=N–C) groups is 2. The lowest BCUT2D eigenvalue weighted by atomic mass is 9.99. The molecule has 0 saturated carbocycles. The van der Waals surface area contributed by atoms with E-state index < -0.39 is 17.5 Å². The van der Waals surface area contributed by atoms with Crippen molar-refractivity contribution < 1.29 is 22.4 Å². The molecule has 4 nitrogen and oxygen atoms in total. The standard InChI is InChI=1S/C17H17ClF3NO2.C13H23N.CH4/c1-5-13(14-6-7-24-9-14)8-15(17(19,20)21)11(3)22-16(10(2)18)12(4)23;1-5-9-13(10-6-2)12(7-3)11-14-8-4;/h5-9H,1-4H3;8-9,11H,5-7,10H2,1-4H3;1H4/b13-5+,15-8+,16-10+,22-11+;12-11+,13-9+,14-8?;. The first-order chi connectivity index (χ1) is 17.9. The largest absolute Gasteiger partial charge is 0.472 e. The van der Waals surface area contributed by atoms with Crippen molar-refractivity contribution in [1.82, 2.24) is 0 Å². The lowest BCUT2D eigenvalue weighted by molar-refractivity contribution is -0.113. The molecule has 0 atom stereocenters. The predicted molar refractivity (Wildman–Crippen MR) is 161 cm³/mol. The molecule has 0 N–H and O–H groups in total. The Morgan fingerprint density at radius 1 is 1.10 bits per heavy atom. The number of ketones is 1. The van der Waals surface area contributed by atoms with Crippen molar-refractivity contribution in [2.45, 2.75) is 94.7 Å². The van der Waals surface area contributed by atoms with E-state index in [1.165, 1.54) is 63.4 Å². The van der Waals surface area contributed by atoms with Crippen molar-refractivity contribution >= 4 is 34.9 Å². The van der Waals surface area contributed by atoms with E-state index in [1.54, 1.807) is 13.0 Å². The summed E-state index contributed by atoms with van der Waals surface area (Å²) in [6.07, 6.45) is 11.3. The third-order valence-corrected chi connectivity index (χ3v) is 5.42. The number of allylic oxidation sites excluding steroid dienone is 9. The molecule has 0 bridgehead atoms. The molecule has 0 amide bonds. The van der Waals surface area contributed by atoms with Crippen LogP contribution in [0.15, 0.2) is 84.9 Å². The smallest absolute Gasteiger partial charge is 0.418 e. The highest BCUT2D eigenvalue weighted by molar-refractivity contribution is 6.31. The maximum absolute atomic E-state index is 13.4. The molecular weight excluding hydrogens is 525 g/mol. The van der Waals surface area contributed by atoms with E-state index in [-0.39, 0.29) is 23.9 Å². The molecule has 0 aromatic carbocycles. The number of carbonyl (C=O) groups excluding carboxylic acids is 1. The first-order valence-electron chi connectivity index (χ1n) is 12.6. The summed E-state index contributed by atoms with van der Waals surface area (Å²) in [4.78, 5) is 19.5. The van der Waals surface area contributed by atoms with Gasteiger partial charge in [0.05, 0.1) is 23.8 Å². The van der Waals surface area contributed by atoms with Gasteiger partial charge in [-0.25, -0.2) is 4.99 Å². The molecule has 1 rings (SSSR count). The molecule has 0 unspecified atom stereocenters. The van der Waals surface area contributed by atoms with E-state index in [2.05, 4.69) is 36.8 Å². The van der Waals surface area contributed by atoms with Crippen LogP contribution in [0.2, 0.25) is 0 Å². The summed E-state index contributed by atoms with van der Waals surface area (Å²) in [6.45, 7) is 13.9. The van der Waals surface area contributed by atoms with Crippen LogP contribution in [0.25, 0.3) is 5.57 Å². The minimum Gasteiger partial charge on any atom is -0.472 e. The first kappa shape index (κ1) is 38.2. The van der Waals surface area contributed by atoms with Crippen molar-refractivity contribution in [3.05, 3.63) is 76.0 Å². The number of hydrogen-bond donors (Lipinski definition) is 0. The maximum atomic E-state index is 13.4. The molecule has 1 aromatic rings. The average molecular weight is 569 g/mol. The third-order valence-electron chi connectivity index (χ3n) is 5.24. The molecule has 0 aliphatic carbocycles. The SMILES string of the molecule is C.CC=N/C=C(CC)/C(=C/CC)CCC.C\C=C(/C=C(\C(C)=N\C(C(C)=O)=C(/C)Cl)C(F)(F)F)c1ccoc1. The lowest BCUT2D eigenvalue weighted by Crippen LogP contribution is -2.19. The first-order valence-corrected chi connectivity index (χ1v) is 13.0. The van der Waals surface area contributed by atoms with Gasteiger partial charge >= 0.3 is 6.18 Å². The fraction of sp³-hybridized carbons (Fsp3) is 0.452. The second-order valence-electron chi connectivity index (χ2n) is 8.25. The highest BCUT2D eigenvalue weighted by Gasteiger charge is 2.36. The molecule has 0 fully saturated rings. The van der Waals surface area contributed by atoms with Crippen molar-refractivity contribution in [1.29, 1.82) is 0 Å². The Balaban J connectivity index is 0. The second kappa shape index (κ2) is 20.0. The number of furan rings is 1. The van der Waals surface area contributed by atoms with E-state index >= 15 is 0 Å². The monoisotopic (exact) mass is 568 g/mol. The Morgan fingerprint density at radius 2 is 1.74 bits per heavy atom. The van der Waals surface area contributed by atoms with Gasteiger partial charge in [-0.05, 0) is 75.8 Å². The number of alkyl halides is 3. The van der Waals surface area contributed by atoms with Crippen LogP contribution < -0.4 is 0 Å². The van der Waals surface area contributed by atoms with Gasteiger partial charge in [-0.2, -0.15) is 13.2 Å². The molecule has 0 spiro atoms. The molecule has 1 aromatic heterocycles. The maximum Gasteiger partial charge on any atom is 0.418 e. The van der Waals surface area contributed by atoms with Gasteiger partial charge in [-0.3, -0.25) is 9.79 Å². The highest BCUT2D eigenvalue weighted by Crippen LogP contribution is 2.31. The van der Waals surface area contributed by atoms with Gasteiger partial charge < -0.3 is 4.42 Å². The van der Waals surface area contributed by atoms with Gasteiger partial charge in [0.15, 0.2) is 5.78 Å². The van der Waals surface area contributed by atoms with Gasteiger partial charge in [0.1, 0.15) is 5.70 Å². The summed E-state index contributed by atoms with van der Waals surface area (Å²) < 4.78 is 45.2. The van der Waals surface area contributed by atoms with Gasteiger partial charge in [0, 0.05) is 29.9 Å².